The molecule has 174 valence electrons. The quantitative estimate of drug-likeness (QED) is 0.304. The standard InChI is InChI=1S/C21H11F6N5O2/c22-20(23,24)11-3-4-13(14(6-11)21(25,26)27)15-7-12(34-31-15)9-32-10-17-16(8-28-32)29-19(30-17)18-2-1-5-33-18/h1-8,10H,9H2. The third-order valence-electron chi connectivity index (χ3n) is 4.86. The molecule has 0 spiro atoms. The van der Waals surface area contributed by atoms with Crippen LogP contribution in [-0.2, 0) is 18.9 Å². The van der Waals surface area contributed by atoms with Crippen LogP contribution < -0.4 is 0 Å². The summed E-state index contributed by atoms with van der Waals surface area (Å²) in [5.74, 6) is 0.966. The molecule has 2 aromatic heterocycles. The number of hydrogen-bond donors (Lipinski definition) is 0. The summed E-state index contributed by atoms with van der Waals surface area (Å²) in [6, 6.07) is 5.94. The molecule has 0 N–H and O–H groups in total. The molecule has 0 bridgehead atoms. The summed E-state index contributed by atoms with van der Waals surface area (Å²) < 4.78 is 90.8. The van der Waals surface area contributed by atoms with Gasteiger partial charge in [0.1, 0.15) is 23.6 Å². The molecule has 2 aliphatic heterocycles. The van der Waals surface area contributed by atoms with Crippen LogP contribution in [0.1, 0.15) is 16.9 Å². The van der Waals surface area contributed by atoms with Crippen molar-refractivity contribution in [3.8, 4) is 34.2 Å². The predicted octanol–water partition coefficient (Wildman–Crippen LogP) is 5.78. The van der Waals surface area contributed by atoms with Gasteiger partial charge in [-0.25, -0.2) is 9.97 Å². The van der Waals surface area contributed by atoms with Crippen LogP contribution in [0.15, 0.2) is 64.0 Å². The van der Waals surface area contributed by atoms with Gasteiger partial charge in [-0.05, 0) is 24.3 Å². The van der Waals surface area contributed by atoms with Crippen LogP contribution in [0, 0.1) is 0 Å². The van der Waals surface area contributed by atoms with E-state index in [1.54, 1.807) is 18.3 Å². The van der Waals surface area contributed by atoms with Gasteiger partial charge >= 0.3 is 12.4 Å². The number of rotatable bonds is 4. The highest BCUT2D eigenvalue weighted by Crippen LogP contribution is 2.40. The Morgan fingerprint density at radius 3 is 2.38 bits per heavy atom. The summed E-state index contributed by atoms with van der Waals surface area (Å²) in [6.45, 7) is -0.0200. The number of alkyl halides is 6. The normalized spacial score (nSPS) is 12.5. The third-order valence-corrected chi connectivity index (χ3v) is 4.86. The number of halogens is 6. The minimum absolute atomic E-state index is 0.0200. The predicted molar refractivity (Wildman–Crippen MR) is 103 cm³/mol. The number of hydrogen-bond acceptors (Lipinski definition) is 6. The van der Waals surface area contributed by atoms with Gasteiger partial charge in [0.2, 0.25) is 0 Å². The smallest absolute Gasteiger partial charge is 0.417 e. The van der Waals surface area contributed by atoms with Crippen LogP contribution in [0.5, 0.6) is 0 Å². The first kappa shape index (κ1) is 21.7. The molecule has 0 saturated carbocycles. The molecule has 0 atom stereocenters. The third kappa shape index (κ3) is 4.11. The summed E-state index contributed by atoms with van der Waals surface area (Å²) in [5.41, 5.74) is -2.68. The molecular formula is C21H11F6N5O2. The summed E-state index contributed by atoms with van der Waals surface area (Å²) in [6.07, 6.45) is -5.47. The summed E-state index contributed by atoms with van der Waals surface area (Å²) in [7, 11) is 0. The minimum Gasteiger partial charge on any atom is -0.461 e. The Balaban J connectivity index is 1.44. The summed E-state index contributed by atoms with van der Waals surface area (Å²) in [4.78, 5) is 8.65. The van der Waals surface area contributed by atoms with E-state index in [1.165, 1.54) is 23.2 Å². The molecule has 3 aromatic rings. The average molecular weight is 479 g/mol. The Morgan fingerprint density at radius 1 is 0.882 bits per heavy atom. The van der Waals surface area contributed by atoms with E-state index >= 15 is 0 Å². The number of aromatic nitrogens is 5. The van der Waals surface area contributed by atoms with Crippen LogP contribution in [0.2, 0.25) is 0 Å². The topological polar surface area (TPSA) is 82.8 Å². The summed E-state index contributed by atoms with van der Waals surface area (Å²) in [5, 5.41) is 7.78. The number of furan rings is 1. The molecule has 0 radical (unpaired) electrons. The number of nitrogens with zero attached hydrogens (tertiary/aromatic N) is 5. The first-order chi connectivity index (χ1) is 16.1. The fraction of sp³-hybridized carbons (Fsp3) is 0.143. The first-order valence-electron chi connectivity index (χ1n) is 9.56. The van der Waals surface area contributed by atoms with Gasteiger partial charge in [0, 0.05) is 11.6 Å². The van der Waals surface area contributed by atoms with E-state index in [-0.39, 0.29) is 24.1 Å². The van der Waals surface area contributed by atoms with Crippen LogP contribution in [0.3, 0.4) is 0 Å². The van der Waals surface area contributed by atoms with Gasteiger partial charge in [0.05, 0.1) is 29.8 Å². The molecule has 7 nitrogen and oxygen atoms in total. The highest BCUT2D eigenvalue weighted by atomic mass is 19.4. The van der Waals surface area contributed by atoms with Crippen LogP contribution in [0.25, 0.3) is 34.2 Å². The van der Waals surface area contributed by atoms with E-state index in [9.17, 15) is 26.3 Å². The molecule has 13 heteroatoms. The van der Waals surface area contributed by atoms with E-state index in [0.29, 0.717) is 29.0 Å². The van der Waals surface area contributed by atoms with Crippen LogP contribution in [0.4, 0.5) is 26.3 Å². The minimum atomic E-state index is -5.03. The molecule has 0 fully saturated rings. The molecule has 0 aliphatic carbocycles. The maximum absolute atomic E-state index is 13.4. The summed E-state index contributed by atoms with van der Waals surface area (Å²) >= 11 is 0. The maximum atomic E-state index is 13.4. The molecule has 0 saturated heterocycles. The SMILES string of the molecule is FC(F)(F)c1ccc(-c2cc(Cn3cc4nc(-c5ccco5)nc-4cn3)on2)c(C(F)(F)F)c1. The van der Waals surface area contributed by atoms with E-state index in [2.05, 4.69) is 20.2 Å². The second-order valence-electron chi connectivity index (χ2n) is 7.20. The zero-order valence-corrected chi connectivity index (χ0v) is 16.7. The van der Waals surface area contributed by atoms with Crippen molar-refractivity contribution in [1.29, 1.82) is 0 Å². The van der Waals surface area contributed by atoms with Crippen molar-refractivity contribution in [2.24, 2.45) is 0 Å². The van der Waals surface area contributed by atoms with Gasteiger partial charge < -0.3 is 8.94 Å². The lowest BCUT2D eigenvalue weighted by Gasteiger charge is -2.14. The van der Waals surface area contributed by atoms with E-state index in [0.717, 1.165) is 6.07 Å². The van der Waals surface area contributed by atoms with Gasteiger partial charge in [0.15, 0.2) is 17.3 Å². The van der Waals surface area contributed by atoms with Crippen molar-refractivity contribution in [2.45, 2.75) is 18.9 Å². The van der Waals surface area contributed by atoms with Gasteiger partial charge in [-0.3, -0.25) is 4.68 Å². The maximum Gasteiger partial charge on any atom is 0.417 e. The van der Waals surface area contributed by atoms with E-state index < -0.39 is 29.0 Å². The van der Waals surface area contributed by atoms with Crippen LogP contribution in [-0.4, -0.2) is 24.9 Å². The molecule has 0 amide bonds. The Labute approximate surface area is 186 Å². The zero-order valence-electron chi connectivity index (χ0n) is 16.7. The van der Waals surface area contributed by atoms with Crippen molar-refractivity contribution in [3.05, 3.63) is 71.9 Å². The largest absolute Gasteiger partial charge is 0.461 e. The van der Waals surface area contributed by atoms with Crippen LogP contribution >= 0.6 is 0 Å². The highest BCUT2D eigenvalue weighted by molar-refractivity contribution is 5.65. The zero-order chi connectivity index (χ0) is 24.1. The van der Waals surface area contributed by atoms with Crippen molar-refractivity contribution in [3.63, 3.8) is 0 Å². The van der Waals surface area contributed by atoms with Gasteiger partial charge in [0.25, 0.3) is 0 Å². The lowest BCUT2D eigenvalue weighted by atomic mass is 10.0. The first-order valence-corrected chi connectivity index (χ1v) is 9.56. The molecule has 1 aromatic carbocycles. The Hall–Kier alpha value is -4.16. The average Bonchev–Trinajstić information content (AvgIpc) is 3.52. The van der Waals surface area contributed by atoms with Crippen molar-refractivity contribution < 1.29 is 35.3 Å². The lowest BCUT2D eigenvalue weighted by molar-refractivity contribution is -0.142. The fourth-order valence-electron chi connectivity index (χ4n) is 3.32. The van der Waals surface area contributed by atoms with Gasteiger partial charge in [-0.1, -0.05) is 11.2 Å². The van der Waals surface area contributed by atoms with E-state index in [4.69, 9.17) is 8.94 Å². The van der Waals surface area contributed by atoms with Crippen molar-refractivity contribution in [2.75, 3.05) is 0 Å². The Kier molecular flexibility index (Phi) is 4.92. The fourth-order valence-corrected chi connectivity index (χ4v) is 3.32. The second-order valence-corrected chi connectivity index (χ2v) is 7.20. The molecule has 4 heterocycles. The number of imidazole rings is 1. The van der Waals surface area contributed by atoms with Gasteiger partial charge in [-0.15, -0.1) is 0 Å². The van der Waals surface area contributed by atoms with E-state index in [1.807, 2.05) is 0 Å². The molecule has 0 unspecified atom stereocenters. The lowest BCUT2D eigenvalue weighted by Crippen LogP contribution is -2.12. The Morgan fingerprint density at radius 2 is 1.68 bits per heavy atom. The monoisotopic (exact) mass is 479 g/mol. The molecule has 2 aliphatic rings. The number of fused-ring (bicyclic) bond motifs is 1. The molecular weight excluding hydrogens is 468 g/mol. The molecule has 5 rings (SSSR count). The molecule has 34 heavy (non-hydrogen) atoms. The van der Waals surface area contributed by atoms with Crippen molar-refractivity contribution >= 4 is 0 Å². The number of benzene rings is 1. The Bertz CT molecular complexity index is 1420. The van der Waals surface area contributed by atoms with Crippen molar-refractivity contribution in [1.82, 2.24) is 24.9 Å². The van der Waals surface area contributed by atoms with Gasteiger partial charge in [-0.2, -0.15) is 31.4 Å². The highest BCUT2D eigenvalue weighted by Gasteiger charge is 2.39. The second kappa shape index (κ2) is 7.71.